The van der Waals surface area contributed by atoms with Crippen molar-refractivity contribution in [3.8, 4) is 0 Å². The van der Waals surface area contributed by atoms with Crippen LogP contribution in [0, 0.1) is 5.82 Å². The van der Waals surface area contributed by atoms with Gasteiger partial charge in [-0.3, -0.25) is 4.79 Å². The molecule has 0 aliphatic carbocycles. The lowest BCUT2D eigenvalue weighted by Crippen LogP contribution is -2.33. The molecule has 8 heteroatoms. The van der Waals surface area contributed by atoms with Crippen molar-refractivity contribution in [2.24, 2.45) is 5.14 Å². The lowest BCUT2D eigenvalue weighted by Gasteiger charge is -2.14. The van der Waals surface area contributed by atoms with Crippen LogP contribution in [-0.4, -0.2) is 20.4 Å². The van der Waals surface area contributed by atoms with E-state index in [1.165, 1.54) is 0 Å². The van der Waals surface area contributed by atoms with E-state index in [-0.39, 0.29) is 11.1 Å². The van der Waals surface area contributed by atoms with Gasteiger partial charge in [0.05, 0.1) is 10.6 Å². The highest BCUT2D eigenvalue weighted by Crippen LogP contribution is 2.24. The van der Waals surface area contributed by atoms with Crippen molar-refractivity contribution in [3.05, 3.63) is 28.5 Å². The minimum Gasteiger partial charge on any atom is -0.349 e. The summed E-state index contributed by atoms with van der Waals surface area (Å²) in [5.74, 6) is -1.59. The summed E-state index contributed by atoms with van der Waals surface area (Å²) in [5.41, 5.74) is -0.397. The van der Waals surface area contributed by atoms with Gasteiger partial charge >= 0.3 is 0 Å². The Balaban J connectivity index is 3.05. The summed E-state index contributed by atoms with van der Waals surface area (Å²) in [6, 6.07) is 1.48. The van der Waals surface area contributed by atoms with E-state index in [0.29, 0.717) is 0 Å². The first-order valence-electron chi connectivity index (χ1n) is 6.49. The van der Waals surface area contributed by atoms with Crippen LogP contribution in [0.5, 0.6) is 0 Å². The third-order valence-electron chi connectivity index (χ3n) is 2.94. The van der Waals surface area contributed by atoms with Crippen molar-refractivity contribution in [2.75, 3.05) is 0 Å². The molecule has 0 radical (unpaired) electrons. The van der Waals surface area contributed by atoms with E-state index < -0.39 is 32.2 Å². The van der Waals surface area contributed by atoms with E-state index in [2.05, 4.69) is 5.32 Å². The predicted molar refractivity (Wildman–Crippen MR) is 79.2 cm³/mol. The molecule has 0 aromatic heterocycles. The summed E-state index contributed by atoms with van der Waals surface area (Å²) in [5, 5.41) is 7.23. The van der Waals surface area contributed by atoms with Crippen molar-refractivity contribution in [2.45, 2.75) is 44.0 Å². The number of unbranched alkanes of at least 4 members (excludes halogenated alkanes) is 1. The summed E-state index contributed by atoms with van der Waals surface area (Å²) < 4.78 is 36.5. The van der Waals surface area contributed by atoms with Crippen LogP contribution in [-0.2, 0) is 10.0 Å². The number of nitrogens with one attached hydrogen (secondary N) is 1. The van der Waals surface area contributed by atoms with Crippen LogP contribution in [0.25, 0.3) is 0 Å². The molecule has 1 amide bonds. The van der Waals surface area contributed by atoms with Crippen LogP contribution in [0.2, 0.25) is 5.02 Å². The minimum absolute atomic E-state index is 0.148. The first kappa shape index (κ1) is 17.9. The number of benzene rings is 1. The van der Waals surface area contributed by atoms with Gasteiger partial charge in [-0.05, 0) is 25.5 Å². The Morgan fingerprint density at radius 3 is 2.62 bits per heavy atom. The fourth-order valence-electron chi connectivity index (χ4n) is 1.81. The number of hydrogen-bond acceptors (Lipinski definition) is 3. The smallest absolute Gasteiger partial charge is 0.254 e. The Labute approximate surface area is 128 Å². The average Bonchev–Trinajstić information content (AvgIpc) is 2.34. The van der Waals surface area contributed by atoms with Crippen LogP contribution in [0.3, 0.4) is 0 Å². The fraction of sp³-hybridized carbons (Fsp3) is 0.462. The zero-order valence-corrected chi connectivity index (χ0v) is 13.4. The van der Waals surface area contributed by atoms with E-state index in [1.54, 1.807) is 6.92 Å². The largest absolute Gasteiger partial charge is 0.349 e. The normalized spacial score (nSPS) is 13.0. The second-order valence-corrected chi connectivity index (χ2v) is 6.76. The highest BCUT2D eigenvalue weighted by molar-refractivity contribution is 7.89. The average molecular weight is 337 g/mol. The maximum atomic E-state index is 13.8. The summed E-state index contributed by atoms with van der Waals surface area (Å²) in [7, 11) is -4.13. The number of nitrogens with two attached hydrogens (primary N) is 1. The molecule has 21 heavy (non-hydrogen) atoms. The molecule has 3 N–H and O–H groups in total. The molecule has 1 aromatic carbocycles. The Morgan fingerprint density at radius 2 is 2.10 bits per heavy atom. The van der Waals surface area contributed by atoms with Gasteiger partial charge in [-0.1, -0.05) is 31.4 Å². The van der Waals surface area contributed by atoms with Crippen molar-refractivity contribution in [1.82, 2.24) is 5.32 Å². The van der Waals surface area contributed by atoms with Crippen molar-refractivity contribution >= 4 is 27.5 Å². The van der Waals surface area contributed by atoms with Gasteiger partial charge in [-0.25, -0.2) is 17.9 Å². The number of amides is 1. The van der Waals surface area contributed by atoms with E-state index in [0.717, 1.165) is 31.4 Å². The summed E-state index contributed by atoms with van der Waals surface area (Å²) in [4.78, 5) is 11.5. The number of carbonyl (C=O) groups is 1. The van der Waals surface area contributed by atoms with Crippen LogP contribution >= 0.6 is 11.6 Å². The van der Waals surface area contributed by atoms with Gasteiger partial charge in [0.15, 0.2) is 0 Å². The van der Waals surface area contributed by atoms with Gasteiger partial charge in [-0.15, -0.1) is 0 Å². The topological polar surface area (TPSA) is 89.3 Å². The van der Waals surface area contributed by atoms with Crippen LogP contribution < -0.4 is 10.5 Å². The van der Waals surface area contributed by atoms with Crippen molar-refractivity contribution in [1.29, 1.82) is 0 Å². The molecule has 0 heterocycles. The van der Waals surface area contributed by atoms with Gasteiger partial charge in [0.25, 0.3) is 5.91 Å². The van der Waals surface area contributed by atoms with Crippen LogP contribution in [0.15, 0.2) is 17.0 Å². The first-order valence-corrected chi connectivity index (χ1v) is 8.42. The van der Waals surface area contributed by atoms with E-state index in [9.17, 15) is 17.6 Å². The molecule has 0 bridgehead atoms. The molecule has 5 nitrogen and oxygen atoms in total. The molecule has 118 valence electrons. The molecule has 0 spiro atoms. The highest BCUT2D eigenvalue weighted by atomic mass is 35.5. The Bertz CT molecular complexity index is 635. The number of halogens is 2. The number of hydrogen-bond donors (Lipinski definition) is 2. The maximum Gasteiger partial charge on any atom is 0.254 e. The van der Waals surface area contributed by atoms with Crippen LogP contribution in [0.4, 0.5) is 4.39 Å². The van der Waals surface area contributed by atoms with Gasteiger partial charge in [0.2, 0.25) is 10.0 Å². The minimum atomic E-state index is -4.13. The fourth-order valence-corrected chi connectivity index (χ4v) is 2.89. The number of sulfonamides is 1. The lowest BCUT2D eigenvalue weighted by atomic mass is 10.1. The molecular formula is C13H18ClFN2O3S. The van der Waals surface area contributed by atoms with Gasteiger partial charge < -0.3 is 5.32 Å². The predicted octanol–water partition coefficient (Wildman–Crippen LogP) is 2.44. The van der Waals surface area contributed by atoms with Crippen molar-refractivity contribution in [3.63, 3.8) is 0 Å². The molecule has 1 atom stereocenters. The first-order chi connectivity index (χ1) is 9.66. The molecule has 0 aliphatic heterocycles. The zero-order chi connectivity index (χ0) is 16.2. The molecule has 0 fully saturated rings. The molecule has 0 saturated carbocycles. The Morgan fingerprint density at radius 1 is 1.48 bits per heavy atom. The maximum absolute atomic E-state index is 13.8. The monoisotopic (exact) mass is 336 g/mol. The van der Waals surface area contributed by atoms with Gasteiger partial charge in [-0.2, -0.15) is 0 Å². The van der Waals surface area contributed by atoms with Crippen LogP contribution in [0.1, 0.15) is 43.5 Å². The van der Waals surface area contributed by atoms with Crippen molar-refractivity contribution < 1.29 is 17.6 Å². The third-order valence-corrected chi connectivity index (χ3v) is 4.32. The standard InChI is InChI=1S/C13H18ClFN2O3S/c1-3-4-5-8(2)17-13(18)9-6-12(21(16,19)20)10(14)7-11(9)15/h6-8H,3-5H2,1-2H3,(H,17,18)(H2,16,19,20). The molecule has 0 saturated heterocycles. The highest BCUT2D eigenvalue weighted by Gasteiger charge is 2.21. The van der Waals surface area contributed by atoms with Gasteiger partial charge in [0.1, 0.15) is 10.7 Å². The second kappa shape index (κ2) is 7.20. The summed E-state index contributed by atoms with van der Waals surface area (Å²) >= 11 is 5.63. The molecule has 1 unspecified atom stereocenters. The Hall–Kier alpha value is -1.18. The lowest BCUT2D eigenvalue weighted by molar-refractivity contribution is 0.0933. The van der Waals surface area contributed by atoms with E-state index in [1.807, 2.05) is 6.92 Å². The molecule has 1 aromatic rings. The Kier molecular flexibility index (Phi) is 6.12. The number of rotatable bonds is 6. The van der Waals surface area contributed by atoms with Gasteiger partial charge in [0, 0.05) is 6.04 Å². The summed E-state index contributed by atoms with van der Waals surface area (Å²) in [6.45, 7) is 3.81. The number of carbonyl (C=O) groups excluding carboxylic acids is 1. The third kappa shape index (κ3) is 4.94. The zero-order valence-electron chi connectivity index (χ0n) is 11.8. The number of primary sulfonamides is 1. The summed E-state index contributed by atoms with van der Waals surface area (Å²) in [6.07, 6.45) is 2.65. The van der Waals surface area contributed by atoms with E-state index >= 15 is 0 Å². The SMILES string of the molecule is CCCCC(C)NC(=O)c1cc(S(N)(=O)=O)c(Cl)cc1F. The molecular weight excluding hydrogens is 319 g/mol. The second-order valence-electron chi connectivity index (χ2n) is 4.82. The molecule has 0 aliphatic rings. The van der Waals surface area contributed by atoms with E-state index in [4.69, 9.17) is 16.7 Å². The quantitative estimate of drug-likeness (QED) is 0.836. The molecule has 1 rings (SSSR count).